The molecule has 1 aromatic heterocycles. The molecule has 0 aliphatic rings. The standard InChI is InChI=1S/C20H20N2O3/c1-3-17(23)22-18(14-6-9-15(25-2)10-7-14)16-11-8-13-5-4-12-21-19(13)20(16)24/h4-12,18,24H,3H2,1-2H3,(H,22,23)/t18-/m1/s1. The molecule has 1 heterocycles. The minimum atomic E-state index is -0.468. The van der Waals surface area contributed by atoms with Crippen molar-refractivity contribution < 1.29 is 14.6 Å². The smallest absolute Gasteiger partial charge is 0.220 e. The summed E-state index contributed by atoms with van der Waals surface area (Å²) in [6.07, 6.45) is 2.00. The summed E-state index contributed by atoms with van der Waals surface area (Å²) in [5.41, 5.74) is 1.98. The first-order valence-electron chi connectivity index (χ1n) is 8.14. The van der Waals surface area contributed by atoms with Gasteiger partial charge in [-0.3, -0.25) is 9.78 Å². The van der Waals surface area contributed by atoms with Crippen molar-refractivity contribution in [3.05, 3.63) is 65.9 Å². The number of nitrogens with one attached hydrogen (secondary N) is 1. The van der Waals surface area contributed by atoms with Crippen molar-refractivity contribution in [2.45, 2.75) is 19.4 Å². The summed E-state index contributed by atoms with van der Waals surface area (Å²) in [5.74, 6) is 0.713. The third-order valence-electron chi connectivity index (χ3n) is 4.17. The predicted molar refractivity (Wildman–Crippen MR) is 96.7 cm³/mol. The fraction of sp³-hybridized carbons (Fsp3) is 0.200. The Labute approximate surface area is 146 Å². The van der Waals surface area contributed by atoms with Gasteiger partial charge in [-0.25, -0.2) is 0 Å². The third kappa shape index (κ3) is 3.40. The zero-order valence-corrected chi connectivity index (χ0v) is 14.2. The number of hydrogen-bond donors (Lipinski definition) is 2. The monoisotopic (exact) mass is 336 g/mol. The van der Waals surface area contributed by atoms with Crippen LogP contribution in [0.4, 0.5) is 0 Å². The Morgan fingerprint density at radius 2 is 1.96 bits per heavy atom. The number of phenolic OH excluding ortho intramolecular Hbond substituents is 1. The molecule has 0 aliphatic carbocycles. The summed E-state index contributed by atoms with van der Waals surface area (Å²) in [6, 6.07) is 14.4. The highest BCUT2D eigenvalue weighted by molar-refractivity contribution is 5.86. The summed E-state index contributed by atoms with van der Waals surface area (Å²) in [4.78, 5) is 16.3. The van der Waals surface area contributed by atoms with E-state index in [0.29, 0.717) is 17.5 Å². The Hall–Kier alpha value is -3.08. The van der Waals surface area contributed by atoms with Gasteiger partial charge in [-0.05, 0) is 23.8 Å². The molecule has 0 saturated carbocycles. The van der Waals surface area contributed by atoms with Crippen LogP contribution in [0.2, 0.25) is 0 Å². The first-order chi connectivity index (χ1) is 12.1. The number of nitrogens with zero attached hydrogens (tertiary/aromatic N) is 1. The second kappa shape index (κ2) is 7.21. The summed E-state index contributed by atoms with van der Waals surface area (Å²) in [7, 11) is 1.60. The van der Waals surface area contributed by atoms with Crippen molar-refractivity contribution >= 4 is 16.8 Å². The van der Waals surface area contributed by atoms with Gasteiger partial charge in [0.1, 0.15) is 17.0 Å². The molecule has 0 aliphatic heterocycles. The van der Waals surface area contributed by atoms with Crippen LogP contribution in [0.15, 0.2) is 54.7 Å². The van der Waals surface area contributed by atoms with E-state index in [4.69, 9.17) is 4.74 Å². The highest BCUT2D eigenvalue weighted by Gasteiger charge is 2.21. The predicted octanol–water partition coefficient (Wildman–Crippen LogP) is 3.56. The first kappa shape index (κ1) is 16.8. The number of pyridine rings is 1. The highest BCUT2D eigenvalue weighted by Crippen LogP contribution is 2.34. The Balaban J connectivity index is 2.10. The summed E-state index contributed by atoms with van der Waals surface area (Å²) in [5, 5.41) is 14.6. The van der Waals surface area contributed by atoms with Gasteiger partial charge in [0.15, 0.2) is 0 Å². The van der Waals surface area contributed by atoms with Crippen LogP contribution in [0, 0.1) is 0 Å². The van der Waals surface area contributed by atoms with Crippen molar-refractivity contribution in [3.8, 4) is 11.5 Å². The number of methoxy groups -OCH3 is 1. The lowest BCUT2D eigenvalue weighted by atomic mass is 9.96. The topological polar surface area (TPSA) is 71.5 Å². The number of phenols is 1. The SMILES string of the molecule is CCC(=O)N[C@H](c1ccc(OC)cc1)c1ccc2cccnc2c1O. The van der Waals surface area contributed by atoms with Crippen molar-refractivity contribution in [1.29, 1.82) is 0 Å². The molecule has 3 rings (SSSR count). The second-order valence-electron chi connectivity index (χ2n) is 5.71. The summed E-state index contributed by atoms with van der Waals surface area (Å²) in [6.45, 7) is 1.79. The number of hydrogen-bond acceptors (Lipinski definition) is 4. The van der Waals surface area contributed by atoms with Crippen LogP contribution < -0.4 is 10.1 Å². The molecular formula is C20H20N2O3. The lowest BCUT2D eigenvalue weighted by molar-refractivity contribution is -0.121. The number of aromatic hydroxyl groups is 1. The van der Waals surface area contributed by atoms with E-state index in [0.717, 1.165) is 16.7 Å². The van der Waals surface area contributed by atoms with Crippen LogP contribution in [-0.2, 0) is 4.79 Å². The number of amides is 1. The van der Waals surface area contributed by atoms with E-state index in [1.54, 1.807) is 20.2 Å². The van der Waals surface area contributed by atoms with Gasteiger partial charge in [0, 0.05) is 23.6 Å². The zero-order valence-electron chi connectivity index (χ0n) is 14.2. The van der Waals surface area contributed by atoms with Gasteiger partial charge in [-0.1, -0.05) is 37.3 Å². The number of fused-ring (bicyclic) bond motifs is 1. The van der Waals surface area contributed by atoms with E-state index in [-0.39, 0.29) is 11.7 Å². The number of aromatic nitrogens is 1. The van der Waals surface area contributed by atoms with E-state index < -0.39 is 6.04 Å². The fourth-order valence-corrected chi connectivity index (χ4v) is 2.78. The maximum Gasteiger partial charge on any atom is 0.220 e. The van der Waals surface area contributed by atoms with Crippen molar-refractivity contribution in [2.24, 2.45) is 0 Å². The van der Waals surface area contributed by atoms with Gasteiger partial charge < -0.3 is 15.2 Å². The average Bonchev–Trinajstić information content (AvgIpc) is 2.67. The van der Waals surface area contributed by atoms with Gasteiger partial charge in [-0.2, -0.15) is 0 Å². The molecule has 5 heteroatoms. The largest absolute Gasteiger partial charge is 0.505 e. The molecule has 0 radical (unpaired) electrons. The van der Waals surface area contributed by atoms with Gasteiger partial charge >= 0.3 is 0 Å². The van der Waals surface area contributed by atoms with Crippen LogP contribution >= 0.6 is 0 Å². The first-order valence-corrected chi connectivity index (χ1v) is 8.14. The maximum absolute atomic E-state index is 12.0. The van der Waals surface area contributed by atoms with E-state index >= 15 is 0 Å². The number of benzene rings is 2. The van der Waals surface area contributed by atoms with E-state index in [2.05, 4.69) is 10.3 Å². The van der Waals surface area contributed by atoms with Gasteiger partial charge in [0.2, 0.25) is 5.91 Å². The fourth-order valence-electron chi connectivity index (χ4n) is 2.78. The van der Waals surface area contributed by atoms with Crippen LogP contribution in [0.1, 0.15) is 30.5 Å². The quantitative estimate of drug-likeness (QED) is 0.747. The lowest BCUT2D eigenvalue weighted by Crippen LogP contribution is -2.28. The Morgan fingerprint density at radius 3 is 2.64 bits per heavy atom. The average molecular weight is 336 g/mol. The van der Waals surface area contributed by atoms with Gasteiger partial charge in [0.25, 0.3) is 0 Å². The van der Waals surface area contributed by atoms with Crippen molar-refractivity contribution in [2.75, 3.05) is 7.11 Å². The molecule has 5 nitrogen and oxygen atoms in total. The number of ether oxygens (including phenoxy) is 1. The minimum absolute atomic E-state index is 0.0790. The van der Waals surface area contributed by atoms with Gasteiger partial charge in [-0.15, -0.1) is 0 Å². The molecule has 0 saturated heterocycles. The highest BCUT2D eigenvalue weighted by atomic mass is 16.5. The molecular weight excluding hydrogens is 316 g/mol. The van der Waals surface area contributed by atoms with Crippen LogP contribution in [0.3, 0.4) is 0 Å². The van der Waals surface area contributed by atoms with E-state index in [1.165, 1.54) is 0 Å². The normalized spacial score (nSPS) is 11.9. The molecule has 0 unspecified atom stereocenters. The van der Waals surface area contributed by atoms with E-state index in [1.807, 2.05) is 48.5 Å². The van der Waals surface area contributed by atoms with E-state index in [9.17, 15) is 9.90 Å². The lowest BCUT2D eigenvalue weighted by Gasteiger charge is -2.21. The molecule has 0 spiro atoms. The molecule has 2 aromatic carbocycles. The molecule has 0 bridgehead atoms. The molecule has 1 amide bonds. The van der Waals surface area contributed by atoms with Gasteiger partial charge in [0.05, 0.1) is 13.2 Å². The molecule has 0 fully saturated rings. The van der Waals surface area contributed by atoms with Crippen molar-refractivity contribution in [1.82, 2.24) is 10.3 Å². The third-order valence-corrected chi connectivity index (χ3v) is 4.17. The number of carbonyl (C=O) groups excluding carboxylic acids is 1. The Bertz CT molecular complexity index is 891. The minimum Gasteiger partial charge on any atom is -0.505 e. The molecule has 3 aromatic rings. The summed E-state index contributed by atoms with van der Waals surface area (Å²) < 4.78 is 5.19. The Kier molecular flexibility index (Phi) is 4.84. The number of carbonyl (C=O) groups is 1. The molecule has 128 valence electrons. The maximum atomic E-state index is 12.0. The molecule has 2 N–H and O–H groups in total. The zero-order chi connectivity index (χ0) is 17.8. The van der Waals surface area contributed by atoms with Crippen LogP contribution in [0.25, 0.3) is 10.9 Å². The number of rotatable bonds is 5. The van der Waals surface area contributed by atoms with Crippen LogP contribution in [0.5, 0.6) is 11.5 Å². The Morgan fingerprint density at radius 1 is 1.20 bits per heavy atom. The van der Waals surface area contributed by atoms with Crippen molar-refractivity contribution in [3.63, 3.8) is 0 Å². The summed E-state index contributed by atoms with van der Waals surface area (Å²) >= 11 is 0. The molecule has 1 atom stereocenters. The molecule has 25 heavy (non-hydrogen) atoms. The van der Waals surface area contributed by atoms with Crippen LogP contribution in [-0.4, -0.2) is 23.1 Å². The second-order valence-corrected chi connectivity index (χ2v) is 5.71.